The minimum atomic E-state index is 0.218. The summed E-state index contributed by atoms with van der Waals surface area (Å²) in [4.78, 5) is 7.30. The normalized spacial score (nSPS) is 11.2. The molecule has 7 heteroatoms. The van der Waals surface area contributed by atoms with Crippen LogP contribution in [0.25, 0.3) is 22.3 Å². The fourth-order valence-corrected chi connectivity index (χ4v) is 2.48. The number of phenols is 1. The standard InChI is InChI=1S/C18H14N6O/c25-13-7-5-12(6-8-13)11-21-23-17-15-4-2-1-3-14(15)16(22-24-17)18-19-9-10-20-18/h1-11,25H,(H,19,20)(H,23,24). The molecule has 2 aromatic heterocycles. The molecule has 0 spiro atoms. The summed E-state index contributed by atoms with van der Waals surface area (Å²) >= 11 is 0. The summed E-state index contributed by atoms with van der Waals surface area (Å²) in [5, 5.41) is 23.8. The molecule has 3 N–H and O–H groups in total. The number of hydrazone groups is 1. The quantitative estimate of drug-likeness (QED) is 0.394. The second kappa shape index (κ2) is 6.40. The smallest absolute Gasteiger partial charge is 0.176 e. The van der Waals surface area contributed by atoms with Crippen LogP contribution in [0.15, 0.2) is 66.0 Å². The van der Waals surface area contributed by atoms with Crippen molar-refractivity contribution in [1.29, 1.82) is 0 Å². The number of nitrogens with zero attached hydrogens (tertiary/aromatic N) is 4. The van der Waals surface area contributed by atoms with Gasteiger partial charge in [-0.15, -0.1) is 10.2 Å². The maximum absolute atomic E-state index is 9.30. The fourth-order valence-electron chi connectivity index (χ4n) is 2.48. The molecule has 7 nitrogen and oxygen atoms in total. The van der Waals surface area contributed by atoms with E-state index in [1.807, 2.05) is 24.3 Å². The SMILES string of the molecule is Oc1ccc(C=NNc2nnc(-c3ncc[nH]3)c3ccccc23)cc1. The molecule has 4 rings (SSSR count). The highest BCUT2D eigenvalue weighted by Crippen LogP contribution is 2.27. The maximum atomic E-state index is 9.30. The topological polar surface area (TPSA) is 99.1 Å². The van der Waals surface area contributed by atoms with E-state index >= 15 is 0 Å². The third kappa shape index (κ3) is 3.02. The molecule has 0 aliphatic carbocycles. The average molecular weight is 330 g/mol. The van der Waals surface area contributed by atoms with Gasteiger partial charge in [-0.1, -0.05) is 24.3 Å². The van der Waals surface area contributed by atoms with Gasteiger partial charge >= 0.3 is 0 Å². The van der Waals surface area contributed by atoms with E-state index in [9.17, 15) is 5.11 Å². The van der Waals surface area contributed by atoms with Crippen LogP contribution in [0.5, 0.6) is 5.75 Å². The van der Waals surface area contributed by atoms with Crippen molar-refractivity contribution in [2.75, 3.05) is 5.43 Å². The number of imidazole rings is 1. The van der Waals surface area contributed by atoms with Gasteiger partial charge in [0.25, 0.3) is 0 Å². The number of phenolic OH excluding ortho intramolecular Hbond substituents is 1. The molecule has 0 fully saturated rings. The molecule has 0 aliphatic rings. The third-order valence-corrected chi connectivity index (χ3v) is 3.69. The molecule has 4 aromatic rings. The van der Waals surface area contributed by atoms with E-state index < -0.39 is 0 Å². The van der Waals surface area contributed by atoms with Crippen LogP contribution in [-0.2, 0) is 0 Å². The molecule has 0 unspecified atom stereocenters. The number of hydrogen-bond acceptors (Lipinski definition) is 6. The molecule has 0 saturated carbocycles. The van der Waals surface area contributed by atoms with E-state index in [4.69, 9.17) is 0 Å². The van der Waals surface area contributed by atoms with Crippen LogP contribution in [0.1, 0.15) is 5.56 Å². The second-order valence-corrected chi connectivity index (χ2v) is 5.34. The first-order valence-electron chi connectivity index (χ1n) is 7.64. The Morgan fingerprint density at radius 2 is 1.80 bits per heavy atom. The summed E-state index contributed by atoms with van der Waals surface area (Å²) in [5.41, 5.74) is 4.47. The van der Waals surface area contributed by atoms with Crippen LogP contribution in [0.4, 0.5) is 5.82 Å². The lowest BCUT2D eigenvalue weighted by Gasteiger charge is -2.07. The number of rotatable bonds is 4. The van der Waals surface area contributed by atoms with Gasteiger partial charge in [0.2, 0.25) is 0 Å². The molecule has 0 saturated heterocycles. The van der Waals surface area contributed by atoms with E-state index in [-0.39, 0.29) is 5.75 Å². The summed E-state index contributed by atoms with van der Waals surface area (Å²) in [5.74, 6) is 1.44. The Hall–Kier alpha value is -3.74. The Balaban J connectivity index is 1.66. The minimum absolute atomic E-state index is 0.218. The molecule has 0 amide bonds. The molecule has 0 radical (unpaired) electrons. The largest absolute Gasteiger partial charge is 0.508 e. The highest BCUT2D eigenvalue weighted by Gasteiger charge is 2.11. The van der Waals surface area contributed by atoms with Crippen molar-refractivity contribution in [2.24, 2.45) is 5.10 Å². The molecule has 0 atom stereocenters. The van der Waals surface area contributed by atoms with Crippen LogP contribution in [0.2, 0.25) is 0 Å². The molecule has 25 heavy (non-hydrogen) atoms. The number of nitrogens with one attached hydrogen (secondary N) is 2. The van der Waals surface area contributed by atoms with Gasteiger partial charge in [-0.3, -0.25) is 5.43 Å². The number of fused-ring (bicyclic) bond motifs is 1. The summed E-state index contributed by atoms with van der Waals surface area (Å²) < 4.78 is 0. The lowest BCUT2D eigenvalue weighted by atomic mass is 10.1. The van der Waals surface area contributed by atoms with Crippen LogP contribution in [0, 0.1) is 0 Å². The molecule has 0 aliphatic heterocycles. The van der Waals surface area contributed by atoms with Gasteiger partial charge in [-0.2, -0.15) is 5.10 Å². The Morgan fingerprint density at radius 3 is 2.56 bits per heavy atom. The van der Waals surface area contributed by atoms with Crippen molar-refractivity contribution >= 4 is 22.8 Å². The lowest BCUT2D eigenvalue weighted by molar-refractivity contribution is 0.475. The number of aromatic amines is 1. The van der Waals surface area contributed by atoms with E-state index in [1.54, 1.807) is 42.9 Å². The molecular weight excluding hydrogens is 316 g/mol. The van der Waals surface area contributed by atoms with Gasteiger partial charge in [0.05, 0.1) is 6.21 Å². The lowest BCUT2D eigenvalue weighted by Crippen LogP contribution is -1.99. The molecule has 122 valence electrons. The van der Waals surface area contributed by atoms with Crippen molar-refractivity contribution in [3.63, 3.8) is 0 Å². The van der Waals surface area contributed by atoms with Crippen molar-refractivity contribution in [3.8, 4) is 17.3 Å². The Morgan fingerprint density at radius 1 is 1.00 bits per heavy atom. The van der Waals surface area contributed by atoms with Crippen LogP contribution < -0.4 is 5.43 Å². The molecular formula is C18H14N6O. The molecule has 2 aromatic carbocycles. The zero-order chi connectivity index (χ0) is 17.1. The number of H-pyrrole nitrogens is 1. The highest BCUT2D eigenvalue weighted by atomic mass is 16.3. The number of benzene rings is 2. The molecule has 2 heterocycles. The Kier molecular flexibility index (Phi) is 3.80. The number of anilines is 1. The fraction of sp³-hybridized carbons (Fsp3) is 0. The van der Waals surface area contributed by atoms with Gasteiger partial charge in [-0.25, -0.2) is 4.98 Å². The molecule has 0 bridgehead atoms. The van der Waals surface area contributed by atoms with Crippen molar-refractivity contribution in [1.82, 2.24) is 20.2 Å². The van der Waals surface area contributed by atoms with E-state index in [1.165, 1.54) is 0 Å². The van der Waals surface area contributed by atoms with E-state index in [0.717, 1.165) is 16.3 Å². The van der Waals surface area contributed by atoms with Crippen molar-refractivity contribution in [2.45, 2.75) is 0 Å². The van der Waals surface area contributed by atoms with Gasteiger partial charge in [-0.05, 0) is 29.8 Å². The zero-order valence-corrected chi connectivity index (χ0v) is 13.1. The summed E-state index contributed by atoms with van der Waals surface area (Å²) in [6, 6.07) is 14.5. The zero-order valence-electron chi connectivity index (χ0n) is 13.1. The summed E-state index contributed by atoms with van der Waals surface area (Å²) in [7, 11) is 0. The first kappa shape index (κ1) is 14.8. The van der Waals surface area contributed by atoms with Crippen LogP contribution in [0.3, 0.4) is 0 Å². The van der Waals surface area contributed by atoms with E-state index in [2.05, 4.69) is 30.7 Å². The Labute approximate surface area is 143 Å². The first-order chi connectivity index (χ1) is 12.3. The van der Waals surface area contributed by atoms with Crippen molar-refractivity contribution < 1.29 is 5.11 Å². The summed E-state index contributed by atoms with van der Waals surface area (Å²) in [6.45, 7) is 0. The number of hydrogen-bond donors (Lipinski definition) is 3. The number of aromatic nitrogens is 4. The Bertz CT molecular complexity index is 1030. The second-order valence-electron chi connectivity index (χ2n) is 5.34. The van der Waals surface area contributed by atoms with Crippen LogP contribution in [-0.4, -0.2) is 31.5 Å². The average Bonchev–Trinajstić information content (AvgIpc) is 3.18. The predicted octanol–water partition coefficient (Wildman–Crippen LogP) is 3.17. The number of aromatic hydroxyl groups is 1. The third-order valence-electron chi connectivity index (χ3n) is 3.69. The van der Waals surface area contributed by atoms with Crippen LogP contribution >= 0.6 is 0 Å². The highest BCUT2D eigenvalue weighted by molar-refractivity contribution is 5.99. The first-order valence-corrected chi connectivity index (χ1v) is 7.64. The van der Waals surface area contributed by atoms with Gasteiger partial charge < -0.3 is 10.1 Å². The predicted molar refractivity (Wildman–Crippen MR) is 96.4 cm³/mol. The van der Waals surface area contributed by atoms with E-state index in [0.29, 0.717) is 17.3 Å². The van der Waals surface area contributed by atoms with Gasteiger partial charge in [0.1, 0.15) is 11.4 Å². The van der Waals surface area contributed by atoms with Gasteiger partial charge in [0.15, 0.2) is 11.6 Å². The monoisotopic (exact) mass is 330 g/mol. The summed E-state index contributed by atoms with van der Waals surface area (Å²) in [6.07, 6.45) is 5.08. The maximum Gasteiger partial charge on any atom is 0.176 e. The minimum Gasteiger partial charge on any atom is -0.508 e. The van der Waals surface area contributed by atoms with Crippen molar-refractivity contribution in [3.05, 3.63) is 66.5 Å². The van der Waals surface area contributed by atoms with Gasteiger partial charge in [0, 0.05) is 23.2 Å².